The maximum absolute atomic E-state index is 5.82. The van der Waals surface area contributed by atoms with Crippen LogP contribution in [0.1, 0.15) is 0 Å². The molecule has 0 atom stereocenters. The van der Waals surface area contributed by atoms with Crippen LogP contribution in [-0.2, 0) is 0 Å². The van der Waals surface area contributed by atoms with Gasteiger partial charge in [-0.15, -0.1) is 0 Å². The van der Waals surface area contributed by atoms with E-state index in [1.165, 1.54) is 13.1 Å². The van der Waals surface area contributed by atoms with Crippen molar-refractivity contribution < 1.29 is 0 Å². The third-order valence-corrected chi connectivity index (χ3v) is 12.7. The Balaban J connectivity index is 2.32. The monoisotopic (exact) mass is 345 g/mol. The molecule has 0 fully saturated rings. The normalized spacial score (nSPS) is 10.9. The first-order chi connectivity index (χ1) is 10.9. The van der Waals surface area contributed by atoms with Crippen molar-refractivity contribution in [3.05, 3.63) is 91.0 Å². The summed E-state index contributed by atoms with van der Waals surface area (Å²) in [5, 5.41) is 0.802. The number of hydrogen-bond acceptors (Lipinski definition) is 0. The second-order valence-electron chi connectivity index (χ2n) is 5.18. The molecule has 0 saturated heterocycles. The Morgan fingerprint density at radius 1 is 0.591 bits per heavy atom. The van der Waals surface area contributed by atoms with Crippen LogP contribution in [0.15, 0.2) is 91.0 Å². The van der Waals surface area contributed by atoms with Crippen molar-refractivity contribution in [3.8, 4) is 12.3 Å². The van der Waals surface area contributed by atoms with Crippen LogP contribution in [0, 0.1) is 12.3 Å². The van der Waals surface area contributed by atoms with Gasteiger partial charge in [0.05, 0.1) is 0 Å². The molecule has 0 unspecified atom stereocenters. The van der Waals surface area contributed by atoms with Gasteiger partial charge in [0.1, 0.15) is 0 Å². The van der Waals surface area contributed by atoms with Crippen LogP contribution < -0.4 is 13.1 Å². The predicted octanol–water partition coefficient (Wildman–Crippen LogP) is 2.79. The van der Waals surface area contributed by atoms with Crippen molar-refractivity contribution in [2.24, 2.45) is 0 Å². The second-order valence-corrected chi connectivity index (χ2v) is 12.5. The van der Waals surface area contributed by atoms with E-state index in [1.807, 2.05) is 0 Å². The third-order valence-electron chi connectivity index (χ3n) is 3.92. The SMILES string of the molecule is C#CC[As](c1ccccc1)(c1ccccc1)c1ccccc1. The summed E-state index contributed by atoms with van der Waals surface area (Å²) in [6, 6.07) is 32.4. The van der Waals surface area contributed by atoms with Gasteiger partial charge in [0.15, 0.2) is 0 Å². The van der Waals surface area contributed by atoms with Crippen molar-refractivity contribution in [2.45, 2.75) is 5.21 Å². The molecular weight excluding hydrogens is 327 g/mol. The molecule has 107 valence electrons. The van der Waals surface area contributed by atoms with Crippen molar-refractivity contribution in [1.82, 2.24) is 0 Å². The first-order valence-corrected chi connectivity index (χ1v) is 11.5. The van der Waals surface area contributed by atoms with Crippen molar-refractivity contribution in [1.29, 1.82) is 0 Å². The summed E-state index contributed by atoms with van der Waals surface area (Å²) >= 11 is -2.60. The summed E-state index contributed by atoms with van der Waals surface area (Å²) in [6.07, 6.45) is 5.82. The summed E-state index contributed by atoms with van der Waals surface area (Å²) in [4.78, 5) is 0. The predicted molar refractivity (Wildman–Crippen MR) is 97.6 cm³/mol. The molecule has 0 saturated carbocycles. The molecule has 0 aliphatic heterocycles. The Bertz CT molecular complexity index is 659. The molecule has 0 bridgehead atoms. The molecule has 1 radical (unpaired) electrons. The molecule has 0 spiro atoms. The van der Waals surface area contributed by atoms with Crippen molar-refractivity contribution in [2.75, 3.05) is 0 Å². The van der Waals surface area contributed by atoms with Gasteiger partial charge in [0, 0.05) is 0 Å². The fourth-order valence-corrected chi connectivity index (χ4v) is 10.8. The van der Waals surface area contributed by atoms with Gasteiger partial charge in [-0.25, -0.2) is 0 Å². The Morgan fingerprint density at radius 2 is 0.909 bits per heavy atom. The Labute approximate surface area is 135 Å². The molecule has 0 heterocycles. The quantitative estimate of drug-likeness (QED) is 0.504. The summed E-state index contributed by atoms with van der Waals surface area (Å²) in [6.45, 7) is 0. The zero-order valence-electron chi connectivity index (χ0n) is 12.4. The van der Waals surface area contributed by atoms with E-state index in [9.17, 15) is 0 Å². The Kier molecular flexibility index (Phi) is 4.47. The van der Waals surface area contributed by atoms with E-state index < -0.39 is 13.6 Å². The molecule has 0 nitrogen and oxygen atoms in total. The van der Waals surface area contributed by atoms with Gasteiger partial charge in [-0.05, 0) is 0 Å². The van der Waals surface area contributed by atoms with Gasteiger partial charge in [0.2, 0.25) is 0 Å². The maximum atomic E-state index is 5.82. The van der Waals surface area contributed by atoms with Gasteiger partial charge in [-0.3, -0.25) is 0 Å². The zero-order valence-corrected chi connectivity index (χ0v) is 14.3. The molecule has 3 rings (SSSR count). The van der Waals surface area contributed by atoms with E-state index in [0.29, 0.717) is 0 Å². The van der Waals surface area contributed by atoms with Gasteiger partial charge >= 0.3 is 135 Å². The number of benzene rings is 3. The summed E-state index contributed by atoms with van der Waals surface area (Å²) in [7, 11) is 0. The van der Waals surface area contributed by atoms with E-state index in [0.717, 1.165) is 5.21 Å². The zero-order chi connectivity index (χ0) is 15.3. The minimum atomic E-state index is -2.60. The van der Waals surface area contributed by atoms with Crippen molar-refractivity contribution in [3.63, 3.8) is 0 Å². The summed E-state index contributed by atoms with van der Waals surface area (Å²) in [5.41, 5.74) is 0. The third kappa shape index (κ3) is 2.61. The Morgan fingerprint density at radius 3 is 1.18 bits per heavy atom. The van der Waals surface area contributed by atoms with E-state index in [1.54, 1.807) is 0 Å². The van der Waals surface area contributed by atoms with Crippen molar-refractivity contribution >= 4 is 26.6 Å². The number of rotatable bonds is 4. The van der Waals surface area contributed by atoms with Crippen LogP contribution in [-0.4, -0.2) is 13.6 Å². The molecule has 0 aliphatic rings. The number of hydrogen-bond donors (Lipinski definition) is 0. The summed E-state index contributed by atoms with van der Waals surface area (Å²) in [5.74, 6) is 2.98. The van der Waals surface area contributed by atoms with Crippen LogP contribution in [0.25, 0.3) is 0 Å². The van der Waals surface area contributed by atoms with Gasteiger partial charge in [0.25, 0.3) is 0 Å². The Hall–Kier alpha value is -2.22. The average Bonchev–Trinajstić information content (AvgIpc) is 2.62. The van der Waals surface area contributed by atoms with Gasteiger partial charge < -0.3 is 0 Å². The first kappa shape index (κ1) is 14.7. The minimum absolute atomic E-state index is 0.802. The second kappa shape index (κ2) is 6.69. The molecule has 1 heteroatoms. The first-order valence-electron chi connectivity index (χ1n) is 7.36. The topological polar surface area (TPSA) is 0 Å². The molecule has 3 aromatic rings. The molecule has 0 aliphatic carbocycles. The molecule has 0 N–H and O–H groups in total. The molecule has 0 aromatic heterocycles. The number of terminal acetylenes is 1. The molecular formula is C21H18As. The van der Waals surface area contributed by atoms with E-state index in [-0.39, 0.29) is 0 Å². The van der Waals surface area contributed by atoms with Gasteiger partial charge in [-0.1, -0.05) is 0 Å². The standard InChI is InChI=1S/C21H18As/c1-2-18-22(19-12-6-3-7-13-19,20-14-8-4-9-15-20)21-16-10-5-11-17-21/h1,3-17H,18H2. The molecule has 3 aromatic carbocycles. The van der Waals surface area contributed by atoms with Crippen LogP contribution in [0.3, 0.4) is 0 Å². The van der Waals surface area contributed by atoms with E-state index in [2.05, 4.69) is 96.9 Å². The van der Waals surface area contributed by atoms with E-state index >= 15 is 0 Å². The van der Waals surface area contributed by atoms with Crippen LogP contribution in [0.4, 0.5) is 0 Å². The fraction of sp³-hybridized carbons (Fsp3) is 0.0476. The van der Waals surface area contributed by atoms with Crippen LogP contribution >= 0.6 is 0 Å². The fourth-order valence-electron chi connectivity index (χ4n) is 2.91. The molecule has 22 heavy (non-hydrogen) atoms. The van der Waals surface area contributed by atoms with Crippen LogP contribution in [0.5, 0.6) is 0 Å². The van der Waals surface area contributed by atoms with E-state index in [4.69, 9.17) is 6.42 Å². The van der Waals surface area contributed by atoms with Crippen LogP contribution in [0.2, 0.25) is 5.21 Å². The van der Waals surface area contributed by atoms with Gasteiger partial charge in [-0.2, -0.15) is 0 Å². The molecule has 0 amide bonds. The summed E-state index contributed by atoms with van der Waals surface area (Å²) < 4.78 is 4.20. The average molecular weight is 345 g/mol.